The first kappa shape index (κ1) is 28.8. The van der Waals surface area contributed by atoms with Crippen molar-refractivity contribution in [3.05, 3.63) is 115 Å². The van der Waals surface area contributed by atoms with E-state index < -0.39 is 0 Å². The molecule has 0 spiro atoms. The Kier molecular flexibility index (Phi) is 7.65. The molecular weight excluding hydrogens is 685 g/mol. The van der Waals surface area contributed by atoms with Gasteiger partial charge in [0.25, 0.3) is 0 Å². The van der Waals surface area contributed by atoms with Gasteiger partial charge in [-0.15, -0.1) is 18.2 Å². The Labute approximate surface area is 256 Å². The zero-order valence-electron chi connectivity index (χ0n) is 24.2. The number of benzene rings is 3. The predicted molar refractivity (Wildman–Crippen MR) is 163 cm³/mol. The average Bonchev–Trinajstić information content (AvgIpc) is 3.26. The Morgan fingerprint density at radius 2 is 1.44 bits per heavy atom. The first-order valence-corrected chi connectivity index (χ1v) is 13.7. The molecule has 6 rings (SSSR count). The van der Waals surface area contributed by atoms with Crippen molar-refractivity contribution in [1.82, 2.24) is 14.5 Å². The van der Waals surface area contributed by atoms with Gasteiger partial charge < -0.3 is 9.30 Å². The van der Waals surface area contributed by atoms with Gasteiger partial charge in [0.05, 0.1) is 0 Å². The number of nitrogens with zero attached hydrogens (tertiary/aromatic N) is 3. The summed E-state index contributed by atoms with van der Waals surface area (Å²) in [4.78, 5) is 9.60. The number of pyridine rings is 2. The molecule has 0 bridgehead atoms. The summed E-state index contributed by atoms with van der Waals surface area (Å²) in [6.07, 6.45) is 1.72. The van der Waals surface area contributed by atoms with Gasteiger partial charge in [-0.1, -0.05) is 77.3 Å². The number of para-hydroxylation sites is 1. The number of ether oxygens (including phenoxy) is 1. The van der Waals surface area contributed by atoms with Crippen molar-refractivity contribution in [3.8, 4) is 28.6 Å². The smallest absolute Gasteiger partial charge is 0.460 e. The largest absolute Gasteiger partial charge is 2.00 e. The van der Waals surface area contributed by atoms with Gasteiger partial charge in [-0.3, -0.25) is 0 Å². The van der Waals surface area contributed by atoms with Crippen molar-refractivity contribution in [2.24, 2.45) is 0 Å². The van der Waals surface area contributed by atoms with Gasteiger partial charge in [0.2, 0.25) is 5.88 Å². The van der Waals surface area contributed by atoms with Gasteiger partial charge in [0, 0.05) is 40.2 Å². The van der Waals surface area contributed by atoms with Crippen molar-refractivity contribution in [2.45, 2.75) is 52.4 Å². The van der Waals surface area contributed by atoms with Crippen LogP contribution in [0.2, 0.25) is 0 Å². The second kappa shape index (κ2) is 10.9. The number of hydrogen-bond acceptors (Lipinski definition) is 3. The first-order valence-electron chi connectivity index (χ1n) is 13.7. The van der Waals surface area contributed by atoms with E-state index >= 15 is 0 Å². The molecule has 0 saturated carbocycles. The third kappa shape index (κ3) is 5.59. The van der Waals surface area contributed by atoms with Gasteiger partial charge in [0.1, 0.15) is 5.82 Å². The molecule has 0 N–H and O–H groups in total. The molecule has 3 aromatic heterocycles. The van der Waals surface area contributed by atoms with Crippen LogP contribution in [-0.2, 0) is 31.9 Å². The maximum absolute atomic E-state index is 5.97. The van der Waals surface area contributed by atoms with Crippen LogP contribution in [0.1, 0.15) is 52.8 Å². The summed E-state index contributed by atoms with van der Waals surface area (Å²) in [7, 11) is 0. The zero-order valence-corrected chi connectivity index (χ0v) is 26.5. The molecule has 0 amide bonds. The summed E-state index contributed by atoms with van der Waals surface area (Å²) < 4.78 is 8.26. The van der Waals surface area contributed by atoms with Gasteiger partial charge in [-0.25, -0.2) is 21.1 Å². The summed E-state index contributed by atoms with van der Waals surface area (Å²) >= 11 is 0. The topological polar surface area (TPSA) is 39.9 Å². The molecule has 208 valence electrons. The van der Waals surface area contributed by atoms with Crippen LogP contribution in [0.3, 0.4) is 0 Å². The van der Waals surface area contributed by atoms with Crippen molar-refractivity contribution in [2.75, 3.05) is 0 Å². The number of aromatic nitrogens is 3. The third-order valence-corrected chi connectivity index (χ3v) is 7.16. The molecule has 5 heteroatoms. The average molecular weight is 719 g/mol. The van der Waals surface area contributed by atoms with Crippen LogP contribution in [-0.4, -0.2) is 14.5 Å². The quantitative estimate of drug-likeness (QED) is 0.171. The number of fused-ring (bicyclic) bond motifs is 3. The van der Waals surface area contributed by atoms with E-state index in [2.05, 4.69) is 112 Å². The summed E-state index contributed by atoms with van der Waals surface area (Å²) in [6.45, 7) is 13.4. The summed E-state index contributed by atoms with van der Waals surface area (Å²) in [6, 6.07) is 35.9. The van der Waals surface area contributed by atoms with Crippen LogP contribution in [0.4, 0.5) is 0 Å². The molecule has 6 aromatic rings. The summed E-state index contributed by atoms with van der Waals surface area (Å²) in [5.74, 6) is 2.10. The van der Waals surface area contributed by atoms with Crippen LogP contribution >= 0.6 is 0 Å². The molecule has 0 aliphatic rings. The molecule has 0 atom stereocenters. The van der Waals surface area contributed by atoms with Crippen molar-refractivity contribution < 1.29 is 25.8 Å². The van der Waals surface area contributed by atoms with Crippen LogP contribution in [0, 0.1) is 12.1 Å². The summed E-state index contributed by atoms with van der Waals surface area (Å²) in [5, 5.41) is 2.32. The van der Waals surface area contributed by atoms with Crippen molar-refractivity contribution in [1.29, 1.82) is 0 Å². The molecule has 0 saturated heterocycles. The maximum atomic E-state index is 5.97. The number of rotatable bonds is 4. The Morgan fingerprint density at radius 1 is 0.683 bits per heavy atom. The number of hydrogen-bond donors (Lipinski definition) is 0. The molecule has 0 radical (unpaired) electrons. The standard InChI is InChI=1S/C36H33N3O.Pt/c1-35(2,3)29-19-20-32(36(4,5)6)38-34(29)39-30-15-8-7-14-27(30)28-18-17-25(23-31(28)39)24-12-11-13-26(22-24)40-33-16-9-10-21-37-33;/h7-21H,1-6H3;/q-2;+2. The molecule has 0 aliphatic carbocycles. The zero-order chi connectivity index (χ0) is 28.1. The van der Waals surface area contributed by atoms with E-state index in [1.54, 1.807) is 6.20 Å². The Morgan fingerprint density at radius 3 is 2.17 bits per heavy atom. The monoisotopic (exact) mass is 718 g/mol. The molecule has 0 aliphatic heterocycles. The minimum absolute atomic E-state index is 0. The molecule has 3 heterocycles. The molecule has 41 heavy (non-hydrogen) atoms. The van der Waals surface area contributed by atoms with Crippen LogP contribution < -0.4 is 4.74 Å². The van der Waals surface area contributed by atoms with E-state index in [4.69, 9.17) is 9.72 Å². The Bertz CT molecular complexity index is 1840. The van der Waals surface area contributed by atoms with Crippen LogP contribution in [0.15, 0.2) is 91.1 Å². The Balaban J connectivity index is 0.00000337. The van der Waals surface area contributed by atoms with E-state index in [0.717, 1.165) is 39.1 Å². The van der Waals surface area contributed by atoms with Gasteiger partial charge in [0.15, 0.2) is 0 Å². The SMILES string of the molecule is CC(C)(C)c1ccc(C(C)(C)C)c(-n2c3[c-]c(-c4[c-]c(Oc5ccccn5)ccc4)ccc3c3ccccc32)n1.[Pt+2]. The molecule has 0 unspecified atom stereocenters. The van der Waals surface area contributed by atoms with E-state index in [-0.39, 0.29) is 31.9 Å². The van der Waals surface area contributed by atoms with E-state index in [0.29, 0.717) is 11.6 Å². The van der Waals surface area contributed by atoms with Crippen LogP contribution in [0.25, 0.3) is 38.8 Å². The van der Waals surface area contributed by atoms with Gasteiger partial charge >= 0.3 is 21.1 Å². The van der Waals surface area contributed by atoms with E-state index in [1.165, 1.54) is 10.9 Å². The minimum Gasteiger partial charge on any atom is -0.460 e. The second-order valence-electron chi connectivity index (χ2n) is 12.3. The fourth-order valence-electron chi connectivity index (χ4n) is 5.08. The van der Waals surface area contributed by atoms with E-state index in [9.17, 15) is 0 Å². The molecular formula is C36H33N3OPt. The summed E-state index contributed by atoms with van der Waals surface area (Å²) in [5.41, 5.74) is 6.02. The minimum atomic E-state index is -0.0982. The van der Waals surface area contributed by atoms with Crippen LogP contribution in [0.5, 0.6) is 11.6 Å². The van der Waals surface area contributed by atoms with Crippen molar-refractivity contribution >= 4 is 21.8 Å². The normalized spacial score (nSPS) is 12.0. The molecule has 3 aromatic carbocycles. The van der Waals surface area contributed by atoms with Gasteiger partial charge in [-0.2, -0.15) is 24.3 Å². The second-order valence-corrected chi connectivity index (χ2v) is 12.3. The van der Waals surface area contributed by atoms with E-state index in [1.807, 2.05) is 36.4 Å². The predicted octanol–water partition coefficient (Wildman–Crippen LogP) is 9.23. The first-order chi connectivity index (χ1) is 19.1. The fraction of sp³-hybridized carbons (Fsp3) is 0.222. The van der Waals surface area contributed by atoms with Crippen molar-refractivity contribution in [3.63, 3.8) is 0 Å². The maximum Gasteiger partial charge on any atom is 2.00 e. The van der Waals surface area contributed by atoms with Gasteiger partial charge in [-0.05, 0) is 34.5 Å². The molecule has 4 nitrogen and oxygen atoms in total. The fourth-order valence-corrected chi connectivity index (χ4v) is 5.08. The molecule has 0 fully saturated rings. The Hall–Kier alpha value is -3.75. The third-order valence-electron chi connectivity index (χ3n) is 7.16.